The third kappa shape index (κ3) is 4.86. The van der Waals surface area contributed by atoms with Crippen LogP contribution in [0.15, 0.2) is 63.4 Å². The molecular formula is C21H17N3O3S3. The van der Waals surface area contributed by atoms with Crippen molar-refractivity contribution in [3.8, 4) is 11.3 Å². The van der Waals surface area contributed by atoms with Crippen molar-refractivity contribution in [1.82, 2.24) is 9.88 Å². The van der Waals surface area contributed by atoms with Crippen LogP contribution >= 0.6 is 35.3 Å². The highest BCUT2D eigenvalue weighted by Gasteiger charge is 2.31. The predicted molar refractivity (Wildman–Crippen MR) is 124 cm³/mol. The van der Waals surface area contributed by atoms with Crippen molar-refractivity contribution in [2.24, 2.45) is 0 Å². The van der Waals surface area contributed by atoms with E-state index in [1.165, 1.54) is 28.0 Å². The number of hydrogen-bond acceptors (Lipinski definition) is 7. The molecular weight excluding hydrogens is 438 g/mol. The van der Waals surface area contributed by atoms with Crippen molar-refractivity contribution in [2.45, 2.75) is 12.8 Å². The Hall–Kier alpha value is -2.75. The number of amides is 2. The zero-order valence-electron chi connectivity index (χ0n) is 15.7. The summed E-state index contributed by atoms with van der Waals surface area (Å²) in [5, 5.41) is 5.30. The molecule has 0 radical (unpaired) electrons. The lowest BCUT2D eigenvalue weighted by Gasteiger charge is -2.13. The fourth-order valence-electron chi connectivity index (χ4n) is 2.85. The molecule has 6 nitrogen and oxygen atoms in total. The molecule has 9 heteroatoms. The van der Waals surface area contributed by atoms with E-state index in [4.69, 9.17) is 16.6 Å². The maximum atomic E-state index is 12.5. The van der Waals surface area contributed by atoms with E-state index in [2.05, 4.69) is 10.3 Å². The van der Waals surface area contributed by atoms with E-state index in [0.29, 0.717) is 33.1 Å². The molecule has 3 aromatic rings. The van der Waals surface area contributed by atoms with E-state index >= 15 is 0 Å². The standard InChI is InChI=1S/C21H17N3O3S3/c25-18(23-20-22-16(13-29-20)14-6-2-1-3-7-14)9-4-10-24-19(26)17(30-21(24)28)12-15-8-5-11-27-15/h1-3,5-8,11-13H,4,9-10H2,(H,22,23,25)/b17-12+. The zero-order chi connectivity index (χ0) is 20.9. The number of nitrogens with zero attached hydrogens (tertiary/aromatic N) is 2. The number of thioether (sulfide) groups is 1. The Morgan fingerprint density at radius 1 is 1.23 bits per heavy atom. The molecule has 0 unspecified atom stereocenters. The van der Waals surface area contributed by atoms with Crippen LogP contribution in [0.1, 0.15) is 18.6 Å². The number of carbonyl (C=O) groups excluding carboxylic acids is 2. The molecule has 0 atom stereocenters. The van der Waals surface area contributed by atoms with Crippen LogP contribution in [0.4, 0.5) is 5.13 Å². The minimum Gasteiger partial charge on any atom is -0.465 e. The number of thiocarbonyl (C=S) groups is 1. The first-order valence-electron chi connectivity index (χ1n) is 9.20. The summed E-state index contributed by atoms with van der Waals surface area (Å²) >= 11 is 7.94. The Morgan fingerprint density at radius 3 is 2.83 bits per heavy atom. The molecule has 152 valence electrons. The Morgan fingerprint density at radius 2 is 2.07 bits per heavy atom. The zero-order valence-corrected chi connectivity index (χ0v) is 18.2. The molecule has 2 aromatic heterocycles. The number of nitrogens with one attached hydrogen (secondary N) is 1. The Kier molecular flexibility index (Phi) is 6.41. The molecule has 1 aromatic carbocycles. The smallest absolute Gasteiger partial charge is 0.266 e. The second kappa shape index (κ2) is 9.38. The molecule has 1 aliphatic rings. The van der Waals surface area contributed by atoms with Gasteiger partial charge in [0.15, 0.2) is 5.13 Å². The summed E-state index contributed by atoms with van der Waals surface area (Å²) in [6.45, 7) is 0.390. The minimum absolute atomic E-state index is 0.138. The Balaban J connectivity index is 1.27. The third-order valence-electron chi connectivity index (χ3n) is 4.30. The maximum absolute atomic E-state index is 12.5. The highest BCUT2D eigenvalue weighted by Crippen LogP contribution is 2.32. The molecule has 4 rings (SSSR count). The lowest BCUT2D eigenvalue weighted by molar-refractivity contribution is -0.122. The van der Waals surface area contributed by atoms with Gasteiger partial charge in [-0.15, -0.1) is 11.3 Å². The van der Waals surface area contributed by atoms with Crippen molar-refractivity contribution in [3.05, 3.63) is 64.8 Å². The van der Waals surface area contributed by atoms with Gasteiger partial charge >= 0.3 is 0 Å². The molecule has 1 N–H and O–H groups in total. The molecule has 0 spiro atoms. The van der Waals surface area contributed by atoms with Crippen LogP contribution < -0.4 is 5.32 Å². The molecule has 1 aliphatic heterocycles. The van der Waals surface area contributed by atoms with Gasteiger partial charge in [-0.05, 0) is 18.6 Å². The van der Waals surface area contributed by atoms with E-state index in [-0.39, 0.29) is 18.2 Å². The summed E-state index contributed by atoms with van der Waals surface area (Å²) in [5.74, 6) is 0.308. The average Bonchev–Trinajstić information content (AvgIpc) is 3.47. The largest absolute Gasteiger partial charge is 0.465 e. The number of aromatic nitrogens is 1. The summed E-state index contributed by atoms with van der Waals surface area (Å²) in [6.07, 6.45) is 4.01. The number of hydrogen-bond donors (Lipinski definition) is 1. The van der Waals surface area contributed by atoms with E-state index in [1.807, 2.05) is 35.7 Å². The molecule has 0 saturated carbocycles. The Bertz CT molecular complexity index is 1090. The predicted octanol–water partition coefficient (Wildman–Crippen LogP) is 5.02. The topological polar surface area (TPSA) is 75.4 Å². The second-order valence-electron chi connectivity index (χ2n) is 6.40. The molecule has 0 aliphatic carbocycles. The molecule has 3 heterocycles. The fraction of sp³-hybridized carbons (Fsp3) is 0.143. The van der Waals surface area contributed by atoms with E-state index < -0.39 is 0 Å². The van der Waals surface area contributed by atoms with Crippen LogP contribution in [0.25, 0.3) is 17.3 Å². The van der Waals surface area contributed by atoms with Gasteiger partial charge < -0.3 is 9.73 Å². The molecule has 0 bridgehead atoms. The minimum atomic E-state index is -0.158. The van der Waals surface area contributed by atoms with Crippen LogP contribution in [0.3, 0.4) is 0 Å². The molecule has 1 saturated heterocycles. The third-order valence-corrected chi connectivity index (χ3v) is 6.43. The van der Waals surface area contributed by atoms with Gasteiger partial charge in [0, 0.05) is 30.0 Å². The number of carbonyl (C=O) groups is 2. The first-order chi connectivity index (χ1) is 14.6. The van der Waals surface area contributed by atoms with Crippen LogP contribution in [0.2, 0.25) is 0 Å². The number of anilines is 1. The summed E-state index contributed by atoms with van der Waals surface area (Å²) in [7, 11) is 0. The van der Waals surface area contributed by atoms with Crippen LogP contribution in [-0.4, -0.2) is 32.6 Å². The van der Waals surface area contributed by atoms with Crippen molar-refractivity contribution in [2.75, 3.05) is 11.9 Å². The fourth-order valence-corrected chi connectivity index (χ4v) is 4.87. The van der Waals surface area contributed by atoms with Crippen LogP contribution in [0, 0.1) is 0 Å². The highest BCUT2D eigenvalue weighted by atomic mass is 32.2. The number of furan rings is 1. The molecule has 30 heavy (non-hydrogen) atoms. The normalized spacial score (nSPS) is 15.2. The van der Waals surface area contributed by atoms with Gasteiger partial charge in [0.1, 0.15) is 10.1 Å². The van der Waals surface area contributed by atoms with E-state index in [1.54, 1.807) is 24.5 Å². The van der Waals surface area contributed by atoms with E-state index in [0.717, 1.165) is 11.3 Å². The van der Waals surface area contributed by atoms with Crippen LogP contribution in [-0.2, 0) is 9.59 Å². The van der Waals surface area contributed by atoms with Gasteiger partial charge in [0.2, 0.25) is 5.91 Å². The van der Waals surface area contributed by atoms with Gasteiger partial charge in [0.25, 0.3) is 5.91 Å². The SMILES string of the molecule is O=C(CCCN1C(=O)/C(=C\c2ccco2)SC1=S)Nc1nc(-c2ccccc2)cs1. The van der Waals surface area contributed by atoms with E-state index in [9.17, 15) is 9.59 Å². The van der Waals surface area contributed by atoms with Gasteiger partial charge in [-0.2, -0.15) is 0 Å². The lowest BCUT2D eigenvalue weighted by Crippen LogP contribution is -2.29. The molecule has 1 fully saturated rings. The highest BCUT2D eigenvalue weighted by molar-refractivity contribution is 8.26. The van der Waals surface area contributed by atoms with Crippen molar-refractivity contribution >= 4 is 62.7 Å². The number of thiazole rings is 1. The average molecular weight is 456 g/mol. The second-order valence-corrected chi connectivity index (χ2v) is 8.94. The first-order valence-corrected chi connectivity index (χ1v) is 11.3. The van der Waals surface area contributed by atoms with Crippen LogP contribution in [0.5, 0.6) is 0 Å². The van der Waals surface area contributed by atoms with Crippen molar-refractivity contribution in [3.63, 3.8) is 0 Å². The quantitative estimate of drug-likeness (QED) is 0.398. The maximum Gasteiger partial charge on any atom is 0.266 e. The van der Waals surface area contributed by atoms with Gasteiger partial charge in [-0.1, -0.05) is 54.3 Å². The van der Waals surface area contributed by atoms with Gasteiger partial charge in [-0.3, -0.25) is 14.5 Å². The summed E-state index contributed by atoms with van der Waals surface area (Å²) in [4.78, 5) is 31.3. The molecule has 2 amide bonds. The van der Waals surface area contributed by atoms with Crippen molar-refractivity contribution < 1.29 is 14.0 Å². The van der Waals surface area contributed by atoms with Gasteiger partial charge in [-0.25, -0.2) is 4.98 Å². The Labute approximate surface area is 187 Å². The first kappa shape index (κ1) is 20.5. The summed E-state index contributed by atoms with van der Waals surface area (Å²) in [5.41, 5.74) is 1.84. The number of benzene rings is 1. The monoisotopic (exact) mass is 455 g/mol. The lowest BCUT2D eigenvalue weighted by atomic mass is 10.2. The summed E-state index contributed by atoms with van der Waals surface area (Å²) in [6, 6.07) is 13.3. The van der Waals surface area contributed by atoms with Crippen molar-refractivity contribution in [1.29, 1.82) is 0 Å². The summed E-state index contributed by atoms with van der Waals surface area (Å²) < 4.78 is 5.74. The number of rotatable bonds is 7. The van der Waals surface area contributed by atoms with Gasteiger partial charge in [0.05, 0.1) is 16.9 Å².